The van der Waals surface area contributed by atoms with Crippen molar-refractivity contribution in [1.82, 2.24) is 20.9 Å². The van der Waals surface area contributed by atoms with Gasteiger partial charge in [-0.2, -0.15) is 0 Å². The Morgan fingerprint density at radius 1 is 0.972 bits per heavy atom. The van der Waals surface area contributed by atoms with Crippen LogP contribution in [-0.2, 0) is 25.6 Å². The smallest absolute Gasteiger partial charge is 0.325 e. The summed E-state index contributed by atoms with van der Waals surface area (Å²) in [6, 6.07) is 14.9. The number of hydrogen-bond acceptors (Lipinski definition) is 5. The monoisotopic (exact) mass is 494 g/mol. The number of amides is 4. The van der Waals surface area contributed by atoms with Crippen molar-refractivity contribution in [3.63, 3.8) is 0 Å². The Morgan fingerprint density at radius 3 is 2.25 bits per heavy atom. The number of carbonyl (C=O) groups excluding carboxylic acids is 4. The van der Waals surface area contributed by atoms with Crippen LogP contribution in [0.2, 0.25) is 0 Å². The molecule has 0 unspecified atom stereocenters. The molecule has 3 atom stereocenters. The van der Waals surface area contributed by atoms with E-state index in [1.807, 2.05) is 30.3 Å². The third kappa shape index (κ3) is 7.14. The number of carbonyl (C=O) groups is 5. The van der Waals surface area contributed by atoms with Gasteiger partial charge in [0.15, 0.2) is 0 Å². The van der Waals surface area contributed by atoms with Crippen LogP contribution in [0.4, 0.5) is 0 Å². The van der Waals surface area contributed by atoms with E-state index in [-0.39, 0.29) is 13.0 Å². The zero-order valence-corrected chi connectivity index (χ0v) is 20.0. The summed E-state index contributed by atoms with van der Waals surface area (Å²) in [6.45, 7) is 1.31. The first-order valence-corrected chi connectivity index (χ1v) is 11.8. The fraction of sp³-hybridized carbons (Fsp3) is 0.346. The van der Waals surface area contributed by atoms with Crippen molar-refractivity contribution in [2.75, 3.05) is 13.1 Å². The second-order valence-corrected chi connectivity index (χ2v) is 8.61. The van der Waals surface area contributed by atoms with Crippen LogP contribution < -0.4 is 16.0 Å². The average molecular weight is 495 g/mol. The second-order valence-electron chi connectivity index (χ2n) is 8.61. The topological polar surface area (TPSA) is 145 Å². The Balaban J connectivity index is 1.63. The van der Waals surface area contributed by atoms with Gasteiger partial charge >= 0.3 is 5.97 Å². The summed E-state index contributed by atoms with van der Waals surface area (Å²) in [5, 5.41) is 16.7. The number of carboxylic acids is 1. The molecule has 2 aromatic carbocycles. The van der Waals surface area contributed by atoms with E-state index in [1.165, 1.54) is 11.8 Å². The number of carboxylic acid groups (broad SMARTS) is 1. The molecule has 1 aliphatic heterocycles. The normalized spacial score (nSPS) is 16.5. The van der Waals surface area contributed by atoms with Gasteiger partial charge in [-0.05, 0) is 37.5 Å². The summed E-state index contributed by atoms with van der Waals surface area (Å²) in [6.07, 6.45) is 1.21. The highest BCUT2D eigenvalue weighted by molar-refractivity contribution is 5.98. The highest BCUT2D eigenvalue weighted by atomic mass is 16.4. The zero-order valence-electron chi connectivity index (χ0n) is 20.0. The van der Waals surface area contributed by atoms with Crippen LogP contribution in [-0.4, -0.2) is 70.8 Å². The van der Waals surface area contributed by atoms with E-state index in [4.69, 9.17) is 5.11 Å². The summed E-state index contributed by atoms with van der Waals surface area (Å²) in [4.78, 5) is 63.4. The molecule has 1 fully saturated rings. The van der Waals surface area contributed by atoms with E-state index < -0.39 is 47.7 Å². The van der Waals surface area contributed by atoms with E-state index in [2.05, 4.69) is 16.0 Å². The molecule has 36 heavy (non-hydrogen) atoms. The van der Waals surface area contributed by atoms with Gasteiger partial charge in [-0.25, -0.2) is 0 Å². The van der Waals surface area contributed by atoms with E-state index in [0.717, 1.165) is 5.56 Å². The van der Waals surface area contributed by atoms with Crippen molar-refractivity contribution in [1.29, 1.82) is 0 Å². The lowest BCUT2D eigenvalue weighted by molar-refractivity contribution is -0.143. The van der Waals surface area contributed by atoms with Crippen LogP contribution in [0, 0.1) is 0 Å². The lowest BCUT2D eigenvalue weighted by Gasteiger charge is -2.25. The number of likely N-dealkylation sites (tertiary alicyclic amines) is 1. The number of nitrogens with one attached hydrogen (secondary N) is 3. The van der Waals surface area contributed by atoms with Gasteiger partial charge in [-0.15, -0.1) is 0 Å². The third-order valence-electron chi connectivity index (χ3n) is 5.96. The van der Waals surface area contributed by atoms with Crippen LogP contribution in [0.15, 0.2) is 60.7 Å². The standard InChI is InChI=1S/C26H30N4O6/c1-17(26(35)36)28-25(34)21-13-8-14-30(21)22(31)16-27-24(33)20(15-18-9-4-2-5-10-18)29-23(32)19-11-6-3-7-12-19/h2-7,9-12,17,20-21H,8,13-16H2,1H3,(H,27,33)(H,28,34)(H,29,32)(H,35,36)/t17-,20-,21-/m0/s1. The predicted molar refractivity (Wildman–Crippen MR) is 131 cm³/mol. The molecule has 1 saturated heterocycles. The van der Waals surface area contributed by atoms with Gasteiger partial charge in [0.25, 0.3) is 5.91 Å². The first-order valence-electron chi connectivity index (χ1n) is 11.8. The minimum Gasteiger partial charge on any atom is -0.480 e. The van der Waals surface area contributed by atoms with Gasteiger partial charge in [0, 0.05) is 18.5 Å². The first-order chi connectivity index (χ1) is 17.3. The number of rotatable bonds is 10. The Morgan fingerprint density at radius 2 is 1.61 bits per heavy atom. The molecular formula is C26H30N4O6. The molecule has 0 radical (unpaired) electrons. The molecule has 0 aliphatic carbocycles. The number of nitrogens with zero attached hydrogens (tertiary/aromatic N) is 1. The Labute approximate surface area is 209 Å². The lowest BCUT2D eigenvalue weighted by atomic mass is 10.0. The Kier molecular flexibility index (Phi) is 9.15. The quantitative estimate of drug-likeness (QED) is 0.383. The van der Waals surface area contributed by atoms with Crippen LogP contribution in [0.5, 0.6) is 0 Å². The lowest BCUT2D eigenvalue weighted by Crippen LogP contribution is -2.53. The number of hydrogen-bond donors (Lipinski definition) is 4. The Bertz CT molecular complexity index is 1090. The SMILES string of the molecule is C[C@H](NC(=O)[C@@H]1CCCN1C(=O)CNC(=O)[C@H](Cc1ccccc1)NC(=O)c1ccccc1)C(=O)O. The summed E-state index contributed by atoms with van der Waals surface area (Å²) in [5.41, 5.74) is 1.24. The van der Waals surface area contributed by atoms with E-state index >= 15 is 0 Å². The molecule has 190 valence electrons. The van der Waals surface area contributed by atoms with Crippen LogP contribution >= 0.6 is 0 Å². The molecular weight excluding hydrogens is 464 g/mol. The van der Waals surface area contributed by atoms with Crippen molar-refractivity contribution < 1.29 is 29.1 Å². The zero-order chi connectivity index (χ0) is 26.1. The van der Waals surface area contributed by atoms with Crippen LogP contribution in [0.1, 0.15) is 35.7 Å². The molecule has 3 rings (SSSR count). The molecule has 0 spiro atoms. The van der Waals surface area contributed by atoms with Crippen LogP contribution in [0.3, 0.4) is 0 Å². The minimum atomic E-state index is -1.17. The molecule has 0 bridgehead atoms. The van der Waals surface area contributed by atoms with Crippen molar-refractivity contribution in [3.05, 3.63) is 71.8 Å². The Hall–Kier alpha value is -4.21. The van der Waals surface area contributed by atoms with Gasteiger partial charge in [-0.3, -0.25) is 24.0 Å². The van der Waals surface area contributed by atoms with Crippen molar-refractivity contribution in [3.8, 4) is 0 Å². The molecule has 10 heteroatoms. The highest BCUT2D eigenvalue weighted by Crippen LogP contribution is 2.17. The molecule has 0 aromatic heterocycles. The van der Waals surface area contributed by atoms with E-state index in [0.29, 0.717) is 24.9 Å². The van der Waals surface area contributed by atoms with Crippen molar-refractivity contribution in [2.24, 2.45) is 0 Å². The second kappa shape index (κ2) is 12.5. The molecule has 10 nitrogen and oxygen atoms in total. The maximum absolute atomic E-state index is 13.0. The molecule has 4 N–H and O–H groups in total. The molecule has 0 saturated carbocycles. The van der Waals surface area contributed by atoms with Gasteiger partial charge in [0.1, 0.15) is 18.1 Å². The summed E-state index contributed by atoms with van der Waals surface area (Å²) in [5.74, 6) is -3.12. The summed E-state index contributed by atoms with van der Waals surface area (Å²) >= 11 is 0. The largest absolute Gasteiger partial charge is 0.480 e. The van der Waals surface area contributed by atoms with Crippen molar-refractivity contribution in [2.45, 2.75) is 44.3 Å². The fourth-order valence-electron chi connectivity index (χ4n) is 3.99. The minimum absolute atomic E-state index is 0.223. The maximum atomic E-state index is 13.0. The predicted octanol–water partition coefficient (Wildman–Crippen LogP) is 0.724. The molecule has 2 aromatic rings. The molecule has 1 heterocycles. The average Bonchev–Trinajstić information content (AvgIpc) is 3.38. The molecule has 1 aliphatic rings. The van der Waals surface area contributed by atoms with Gasteiger partial charge in [0.05, 0.1) is 6.54 Å². The van der Waals surface area contributed by atoms with Gasteiger partial charge < -0.3 is 26.0 Å². The summed E-state index contributed by atoms with van der Waals surface area (Å²) in [7, 11) is 0. The van der Waals surface area contributed by atoms with Gasteiger partial charge in [-0.1, -0.05) is 48.5 Å². The van der Waals surface area contributed by atoms with E-state index in [9.17, 15) is 24.0 Å². The summed E-state index contributed by atoms with van der Waals surface area (Å²) < 4.78 is 0. The fourth-order valence-corrected chi connectivity index (χ4v) is 3.99. The van der Waals surface area contributed by atoms with Crippen LogP contribution in [0.25, 0.3) is 0 Å². The number of benzene rings is 2. The first kappa shape index (κ1) is 26.4. The number of aliphatic carboxylic acids is 1. The van der Waals surface area contributed by atoms with E-state index in [1.54, 1.807) is 30.3 Å². The third-order valence-corrected chi connectivity index (χ3v) is 5.96. The molecule has 4 amide bonds. The van der Waals surface area contributed by atoms with Crippen molar-refractivity contribution >= 4 is 29.6 Å². The maximum Gasteiger partial charge on any atom is 0.325 e. The van der Waals surface area contributed by atoms with Gasteiger partial charge in [0.2, 0.25) is 17.7 Å². The highest BCUT2D eigenvalue weighted by Gasteiger charge is 2.35.